The summed E-state index contributed by atoms with van der Waals surface area (Å²) in [7, 11) is 6.43. The molecule has 2 aliphatic carbocycles. The Labute approximate surface area is 147 Å². The first kappa shape index (κ1) is 17.5. The summed E-state index contributed by atoms with van der Waals surface area (Å²) < 4.78 is 0. The van der Waals surface area contributed by atoms with Crippen molar-refractivity contribution in [2.45, 2.75) is 57.0 Å². The van der Waals surface area contributed by atoms with Crippen LogP contribution < -0.4 is 0 Å². The van der Waals surface area contributed by atoms with Crippen LogP contribution in [-0.2, 0) is 11.2 Å². The predicted molar refractivity (Wildman–Crippen MR) is 98.9 cm³/mol. The second kappa shape index (κ2) is 7.69. The fourth-order valence-electron chi connectivity index (χ4n) is 4.76. The van der Waals surface area contributed by atoms with Gasteiger partial charge in [0, 0.05) is 25.6 Å². The van der Waals surface area contributed by atoms with E-state index in [1.807, 2.05) is 13.1 Å². The van der Waals surface area contributed by atoms with Crippen molar-refractivity contribution in [1.29, 1.82) is 0 Å². The molecule has 2 aliphatic rings. The molecule has 0 N–H and O–H groups in total. The molecule has 2 fully saturated rings. The highest BCUT2D eigenvalue weighted by Gasteiger charge is 2.43. The van der Waals surface area contributed by atoms with Gasteiger partial charge in [0.25, 0.3) is 0 Å². The van der Waals surface area contributed by atoms with Crippen LogP contribution in [0.1, 0.15) is 44.1 Å². The molecule has 2 unspecified atom stereocenters. The number of carbonyl (C=O) groups excluding carboxylic acids is 1. The van der Waals surface area contributed by atoms with Crippen molar-refractivity contribution < 1.29 is 4.79 Å². The lowest BCUT2D eigenvalue weighted by Gasteiger charge is -2.27. The maximum Gasteiger partial charge on any atom is 0.222 e. The molecule has 3 heteroatoms. The minimum atomic E-state index is 0.333. The molecule has 0 aliphatic heterocycles. The average molecular weight is 329 g/mol. The summed E-state index contributed by atoms with van der Waals surface area (Å²) >= 11 is 0. The summed E-state index contributed by atoms with van der Waals surface area (Å²) in [6.45, 7) is 0. The highest BCUT2D eigenvalue weighted by molar-refractivity contribution is 5.76. The average Bonchev–Trinajstić information content (AvgIpc) is 3.14. The van der Waals surface area contributed by atoms with Crippen molar-refractivity contribution in [2.75, 3.05) is 21.1 Å². The van der Waals surface area contributed by atoms with Crippen LogP contribution in [0.15, 0.2) is 30.3 Å². The van der Waals surface area contributed by atoms with Gasteiger partial charge in [-0.2, -0.15) is 0 Å². The zero-order valence-corrected chi connectivity index (χ0v) is 15.4. The van der Waals surface area contributed by atoms with E-state index in [0.717, 1.165) is 30.7 Å². The van der Waals surface area contributed by atoms with E-state index >= 15 is 0 Å². The monoisotopic (exact) mass is 328 g/mol. The third-order valence-corrected chi connectivity index (χ3v) is 6.34. The molecule has 0 saturated heterocycles. The number of hydrogen-bond acceptors (Lipinski definition) is 2. The molecular formula is C21H32N2O. The van der Waals surface area contributed by atoms with Gasteiger partial charge in [-0.3, -0.25) is 4.79 Å². The van der Waals surface area contributed by atoms with Gasteiger partial charge in [0.15, 0.2) is 0 Å². The Balaban J connectivity index is 1.42. The molecule has 0 bridgehead atoms. The molecule has 24 heavy (non-hydrogen) atoms. The second-order valence-electron chi connectivity index (χ2n) is 8.08. The fourth-order valence-corrected chi connectivity index (χ4v) is 4.76. The van der Waals surface area contributed by atoms with Crippen LogP contribution in [0.25, 0.3) is 0 Å². The summed E-state index contributed by atoms with van der Waals surface area (Å²) in [4.78, 5) is 17.0. The quantitative estimate of drug-likeness (QED) is 0.797. The molecule has 0 radical (unpaired) electrons. The Hall–Kier alpha value is -1.35. The summed E-state index contributed by atoms with van der Waals surface area (Å²) in [5, 5.41) is 0. The fraction of sp³-hybridized carbons (Fsp3) is 0.667. The lowest BCUT2D eigenvalue weighted by molar-refractivity contribution is -0.132. The van der Waals surface area contributed by atoms with Crippen LogP contribution in [0.3, 0.4) is 0 Å². The van der Waals surface area contributed by atoms with Gasteiger partial charge in [-0.25, -0.2) is 0 Å². The van der Waals surface area contributed by atoms with E-state index in [1.165, 1.54) is 31.2 Å². The Kier molecular flexibility index (Phi) is 5.60. The number of hydrogen-bond donors (Lipinski definition) is 0. The van der Waals surface area contributed by atoms with Crippen molar-refractivity contribution in [1.82, 2.24) is 9.80 Å². The molecule has 1 aromatic rings. The van der Waals surface area contributed by atoms with Gasteiger partial charge in [0.05, 0.1) is 0 Å². The van der Waals surface area contributed by atoms with E-state index in [2.05, 4.69) is 48.2 Å². The molecule has 0 heterocycles. The first-order valence-electron chi connectivity index (χ1n) is 9.50. The topological polar surface area (TPSA) is 23.6 Å². The maximum absolute atomic E-state index is 12.5. The van der Waals surface area contributed by atoms with Gasteiger partial charge in [-0.1, -0.05) is 30.3 Å². The van der Waals surface area contributed by atoms with Gasteiger partial charge < -0.3 is 9.80 Å². The van der Waals surface area contributed by atoms with E-state index in [4.69, 9.17) is 0 Å². The second-order valence-corrected chi connectivity index (χ2v) is 8.08. The van der Waals surface area contributed by atoms with Crippen LogP contribution >= 0.6 is 0 Å². The van der Waals surface area contributed by atoms with Crippen LogP contribution in [0.5, 0.6) is 0 Å². The summed E-state index contributed by atoms with van der Waals surface area (Å²) in [6, 6.07) is 11.7. The number of fused-ring (bicyclic) bond motifs is 1. The summed E-state index contributed by atoms with van der Waals surface area (Å²) in [5.41, 5.74) is 1.33. The van der Waals surface area contributed by atoms with Crippen LogP contribution in [0.4, 0.5) is 0 Å². The first-order valence-corrected chi connectivity index (χ1v) is 9.50. The maximum atomic E-state index is 12.5. The standard InChI is InChI=1S/C21H32N2O/c1-22(2)19-12-17-14-20(15-18(17)13-19)23(3)21(24)11-7-10-16-8-5-4-6-9-16/h4-6,8-9,17-20H,7,10-15H2,1-3H3/t17-,18+,19?,20?. The van der Waals surface area contributed by atoms with Gasteiger partial charge in [-0.15, -0.1) is 0 Å². The molecule has 1 amide bonds. The minimum absolute atomic E-state index is 0.333. The van der Waals surface area contributed by atoms with E-state index in [1.54, 1.807) is 0 Å². The van der Waals surface area contributed by atoms with Crippen molar-refractivity contribution in [3.63, 3.8) is 0 Å². The van der Waals surface area contributed by atoms with Crippen LogP contribution in [0.2, 0.25) is 0 Å². The molecule has 2 saturated carbocycles. The Bertz CT molecular complexity index is 528. The van der Waals surface area contributed by atoms with E-state index < -0.39 is 0 Å². The smallest absolute Gasteiger partial charge is 0.222 e. The Morgan fingerprint density at radius 3 is 2.12 bits per heavy atom. The molecule has 3 rings (SSSR count). The highest BCUT2D eigenvalue weighted by Crippen LogP contribution is 2.46. The molecule has 4 atom stereocenters. The van der Waals surface area contributed by atoms with Crippen molar-refractivity contribution >= 4 is 5.91 Å². The molecule has 3 nitrogen and oxygen atoms in total. The Morgan fingerprint density at radius 1 is 0.958 bits per heavy atom. The summed E-state index contributed by atoms with van der Waals surface area (Å²) in [5.74, 6) is 2.00. The third kappa shape index (κ3) is 4.00. The first-order chi connectivity index (χ1) is 11.5. The van der Waals surface area contributed by atoms with Gasteiger partial charge >= 0.3 is 0 Å². The number of carbonyl (C=O) groups is 1. The lowest BCUT2D eigenvalue weighted by Crippen LogP contribution is -2.36. The van der Waals surface area contributed by atoms with Gasteiger partial charge in [0.2, 0.25) is 5.91 Å². The van der Waals surface area contributed by atoms with Crippen molar-refractivity contribution in [3.8, 4) is 0 Å². The van der Waals surface area contributed by atoms with Gasteiger partial charge in [0.1, 0.15) is 0 Å². The lowest BCUT2D eigenvalue weighted by atomic mass is 10.0. The normalized spacial score (nSPS) is 29.0. The number of nitrogens with zero attached hydrogens (tertiary/aromatic N) is 2. The molecule has 1 aromatic carbocycles. The minimum Gasteiger partial charge on any atom is -0.343 e. The largest absolute Gasteiger partial charge is 0.343 e. The highest BCUT2D eigenvalue weighted by atomic mass is 16.2. The predicted octanol–water partition coefficient (Wildman–Crippen LogP) is 3.59. The van der Waals surface area contributed by atoms with Crippen molar-refractivity contribution in [2.24, 2.45) is 11.8 Å². The molecule has 0 spiro atoms. The van der Waals surface area contributed by atoms with Gasteiger partial charge in [-0.05, 0) is 70.0 Å². The van der Waals surface area contributed by atoms with Crippen LogP contribution in [0, 0.1) is 11.8 Å². The summed E-state index contributed by atoms with van der Waals surface area (Å²) in [6.07, 6.45) is 7.72. The molecule has 132 valence electrons. The number of benzene rings is 1. The zero-order chi connectivity index (χ0) is 17.1. The van der Waals surface area contributed by atoms with E-state index in [9.17, 15) is 4.79 Å². The zero-order valence-electron chi connectivity index (χ0n) is 15.4. The number of rotatable bonds is 6. The number of aryl methyl sites for hydroxylation is 1. The van der Waals surface area contributed by atoms with E-state index in [-0.39, 0.29) is 0 Å². The SMILES string of the molecule is CN(C)C1C[C@@H]2CC(N(C)C(=O)CCCc3ccccc3)C[C@@H]2C1. The number of amides is 1. The molecular weight excluding hydrogens is 296 g/mol. The van der Waals surface area contributed by atoms with Crippen molar-refractivity contribution in [3.05, 3.63) is 35.9 Å². The van der Waals surface area contributed by atoms with Crippen LogP contribution in [-0.4, -0.2) is 48.9 Å². The molecule has 0 aromatic heterocycles. The Morgan fingerprint density at radius 2 is 1.54 bits per heavy atom. The third-order valence-electron chi connectivity index (χ3n) is 6.34. The van der Waals surface area contributed by atoms with E-state index in [0.29, 0.717) is 18.4 Å².